The number of hydrogen-bond donors (Lipinski definition) is 2. The van der Waals surface area contributed by atoms with Crippen molar-refractivity contribution in [2.45, 2.75) is 81.5 Å². The van der Waals surface area contributed by atoms with E-state index in [1.54, 1.807) is 12.1 Å². The Bertz CT molecular complexity index is 1560. The van der Waals surface area contributed by atoms with Crippen LogP contribution in [-0.2, 0) is 32.2 Å². The molecule has 1 unspecified atom stereocenters. The number of carbonyl (C=O) groups excluding carboxylic acids is 1. The van der Waals surface area contributed by atoms with Crippen LogP contribution < -0.4 is 4.72 Å². The van der Waals surface area contributed by atoms with Gasteiger partial charge in [-0.25, -0.2) is 9.78 Å². The van der Waals surface area contributed by atoms with E-state index in [4.69, 9.17) is 4.74 Å². The molecule has 2 heterocycles. The predicted molar refractivity (Wildman–Crippen MR) is 157 cm³/mol. The molecule has 2 N–H and O–H groups in total. The number of halogens is 3. The monoisotopic (exact) mass is 616 g/mol. The molecule has 43 heavy (non-hydrogen) atoms. The first-order chi connectivity index (χ1) is 20.4. The van der Waals surface area contributed by atoms with Gasteiger partial charge in [0.1, 0.15) is 11.4 Å². The first-order valence-corrected chi connectivity index (χ1v) is 15.7. The molecule has 0 fully saturated rings. The second kappa shape index (κ2) is 13.2. The Labute approximate surface area is 249 Å². The molecule has 2 atom stereocenters. The summed E-state index contributed by atoms with van der Waals surface area (Å²) in [6, 6.07) is 17.8. The summed E-state index contributed by atoms with van der Waals surface area (Å²) in [4.78, 5) is 16.9. The van der Waals surface area contributed by atoms with E-state index in [9.17, 15) is 31.5 Å². The van der Waals surface area contributed by atoms with E-state index in [0.29, 0.717) is 37.1 Å². The number of ether oxygens (including phenoxy) is 1. The number of benzene rings is 2. The van der Waals surface area contributed by atoms with Gasteiger partial charge in [-0.2, -0.15) is 21.6 Å². The number of rotatable bonds is 12. The van der Waals surface area contributed by atoms with Gasteiger partial charge in [0, 0.05) is 24.2 Å². The van der Waals surface area contributed by atoms with Crippen molar-refractivity contribution in [3.05, 3.63) is 101 Å². The average molecular weight is 617 g/mol. The van der Waals surface area contributed by atoms with E-state index >= 15 is 0 Å². The van der Waals surface area contributed by atoms with Gasteiger partial charge in [-0.3, -0.25) is 4.72 Å². The van der Waals surface area contributed by atoms with Gasteiger partial charge >= 0.3 is 12.1 Å². The highest BCUT2D eigenvalue weighted by Crippen LogP contribution is 2.42. The summed E-state index contributed by atoms with van der Waals surface area (Å²) in [5.41, 5.74) is 0.148. The number of sulfonamides is 1. The van der Waals surface area contributed by atoms with Crippen LogP contribution in [0.5, 0.6) is 0 Å². The predicted octanol–water partition coefficient (Wildman–Crippen LogP) is 7.72. The van der Waals surface area contributed by atoms with Crippen LogP contribution in [0.25, 0.3) is 0 Å². The fourth-order valence-electron chi connectivity index (χ4n) is 5.61. The summed E-state index contributed by atoms with van der Waals surface area (Å²) in [5.74, 6) is -1.20. The zero-order chi connectivity index (χ0) is 31.3. The minimum absolute atomic E-state index is 0.0313. The smallest absolute Gasteiger partial charge is 0.417 e. The molecule has 2 aromatic carbocycles. The molecule has 4 rings (SSSR count). The molecular formula is C32H35F3N2O5S. The first kappa shape index (κ1) is 32.1. The van der Waals surface area contributed by atoms with Crippen molar-refractivity contribution < 1.29 is 36.2 Å². The number of aromatic nitrogens is 1. The summed E-state index contributed by atoms with van der Waals surface area (Å²) in [5, 5.41) is 10.7. The maximum absolute atomic E-state index is 13.5. The molecule has 1 aliphatic heterocycles. The summed E-state index contributed by atoms with van der Waals surface area (Å²) in [7, 11) is -4.30. The number of nitrogens with one attached hydrogen (secondary N) is 1. The van der Waals surface area contributed by atoms with Crippen LogP contribution in [0.15, 0.2) is 89.3 Å². The number of alkyl halides is 3. The van der Waals surface area contributed by atoms with E-state index in [0.717, 1.165) is 25.3 Å². The SMILES string of the molecule is CCCC1(CCCc2ccccc2)CC(O)=C([C@H](CC)c2cccc(NS(=O)(=O)c3ccc(C(F)(F)F)cn3)c2)C(=O)O1. The number of aliphatic hydroxyl groups excluding tert-OH is 1. The second-order valence-corrected chi connectivity index (χ2v) is 12.4. The van der Waals surface area contributed by atoms with Crippen molar-refractivity contribution in [1.29, 1.82) is 0 Å². The number of esters is 1. The van der Waals surface area contributed by atoms with E-state index < -0.39 is 44.3 Å². The quantitative estimate of drug-likeness (QED) is 0.202. The molecular weight excluding hydrogens is 581 g/mol. The highest BCUT2D eigenvalue weighted by molar-refractivity contribution is 7.92. The van der Waals surface area contributed by atoms with Gasteiger partial charge in [0.2, 0.25) is 0 Å². The zero-order valence-electron chi connectivity index (χ0n) is 24.0. The number of aliphatic hydroxyl groups is 1. The molecule has 0 spiro atoms. The van der Waals surface area contributed by atoms with Gasteiger partial charge in [0.25, 0.3) is 10.0 Å². The van der Waals surface area contributed by atoms with Gasteiger partial charge in [-0.1, -0.05) is 62.7 Å². The molecule has 7 nitrogen and oxygen atoms in total. The van der Waals surface area contributed by atoms with Crippen molar-refractivity contribution in [2.75, 3.05) is 4.72 Å². The lowest BCUT2D eigenvalue weighted by molar-refractivity contribution is -0.161. The summed E-state index contributed by atoms with van der Waals surface area (Å²) >= 11 is 0. The Kier molecular flexibility index (Phi) is 9.84. The third kappa shape index (κ3) is 7.76. The van der Waals surface area contributed by atoms with E-state index in [1.807, 2.05) is 32.0 Å². The lowest BCUT2D eigenvalue weighted by Crippen LogP contribution is -2.41. The molecule has 3 aromatic rings. The van der Waals surface area contributed by atoms with Gasteiger partial charge < -0.3 is 9.84 Å². The maximum Gasteiger partial charge on any atom is 0.417 e. The molecule has 0 radical (unpaired) electrons. The summed E-state index contributed by atoms with van der Waals surface area (Å²) in [6.07, 6.45) is 0.0131. The summed E-state index contributed by atoms with van der Waals surface area (Å²) < 4.78 is 72.7. The average Bonchev–Trinajstić information content (AvgIpc) is 2.95. The molecule has 0 aliphatic carbocycles. The van der Waals surface area contributed by atoms with Crippen LogP contribution >= 0.6 is 0 Å². The minimum Gasteiger partial charge on any atom is -0.512 e. The van der Waals surface area contributed by atoms with Crippen LogP contribution in [-0.4, -0.2) is 30.1 Å². The Balaban J connectivity index is 1.54. The standard InChI is InChI=1S/C32H35F3N2O5S/c1-3-17-31(18-9-12-22-10-6-5-7-11-22)20-27(38)29(30(39)42-31)26(4-2)23-13-8-14-25(19-23)37-43(40,41)28-16-15-24(21-36-28)32(33,34)35/h5-8,10-11,13-16,19,21,26,37-38H,3-4,9,12,17-18,20H2,1-2H3/t26-,31?/m1/s1. The van der Waals surface area contributed by atoms with Crippen molar-refractivity contribution >= 4 is 21.7 Å². The van der Waals surface area contributed by atoms with Crippen LogP contribution in [0.1, 0.15) is 75.0 Å². The maximum atomic E-state index is 13.5. The molecule has 0 saturated heterocycles. The Morgan fingerprint density at radius 2 is 1.79 bits per heavy atom. The second-order valence-electron chi connectivity index (χ2n) is 10.8. The number of nitrogens with zero attached hydrogens (tertiary/aromatic N) is 1. The van der Waals surface area contributed by atoms with Crippen LogP contribution in [0.2, 0.25) is 0 Å². The van der Waals surface area contributed by atoms with Crippen molar-refractivity contribution in [3.8, 4) is 0 Å². The number of hydrogen-bond acceptors (Lipinski definition) is 6. The van der Waals surface area contributed by atoms with Crippen molar-refractivity contribution in [1.82, 2.24) is 4.98 Å². The topological polar surface area (TPSA) is 106 Å². The number of pyridine rings is 1. The molecule has 0 saturated carbocycles. The van der Waals surface area contributed by atoms with Crippen LogP contribution in [0, 0.1) is 0 Å². The molecule has 0 bridgehead atoms. The summed E-state index contributed by atoms with van der Waals surface area (Å²) in [6.45, 7) is 3.85. The van der Waals surface area contributed by atoms with Gasteiger partial charge in [-0.15, -0.1) is 0 Å². The third-order valence-electron chi connectivity index (χ3n) is 7.61. The van der Waals surface area contributed by atoms with E-state index in [2.05, 4.69) is 21.8 Å². The lowest BCUT2D eigenvalue weighted by atomic mass is 9.80. The van der Waals surface area contributed by atoms with Gasteiger partial charge in [0.15, 0.2) is 5.03 Å². The van der Waals surface area contributed by atoms with Crippen LogP contribution in [0.3, 0.4) is 0 Å². The third-order valence-corrected chi connectivity index (χ3v) is 8.91. The largest absolute Gasteiger partial charge is 0.512 e. The molecule has 230 valence electrons. The fourth-order valence-corrected chi connectivity index (χ4v) is 6.59. The number of cyclic esters (lactones) is 1. The molecule has 1 aliphatic rings. The zero-order valence-corrected chi connectivity index (χ0v) is 24.8. The molecule has 1 aromatic heterocycles. The number of anilines is 1. The first-order valence-electron chi connectivity index (χ1n) is 14.2. The van der Waals surface area contributed by atoms with Gasteiger partial charge in [-0.05, 0) is 67.5 Å². The van der Waals surface area contributed by atoms with Crippen molar-refractivity contribution in [3.63, 3.8) is 0 Å². The normalized spacial score (nSPS) is 18.3. The molecule has 0 amide bonds. The fraction of sp³-hybridized carbons (Fsp3) is 0.375. The lowest BCUT2D eigenvalue weighted by Gasteiger charge is -2.38. The van der Waals surface area contributed by atoms with Crippen molar-refractivity contribution in [2.24, 2.45) is 0 Å². The number of aryl methyl sites for hydroxylation is 1. The Hall–Kier alpha value is -3.86. The highest BCUT2D eigenvalue weighted by Gasteiger charge is 2.43. The van der Waals surface area contributed by atoms with E-state index in [-0.39, 0.29) is 23.4 Å². The van der Waals surface area contributed by atoms with Gasteiger partial charge in [0.05, 0.1) is 11.1 Å². The number of carbonyl (C=O) groups is 1. The van der Waals surface area contributed by atoms with Crippen LogP contribution in [0.4, 0.5) is 18.9 Å². The molecule has 11 heteroatoms. The Morgan fingerprint density at radius 1 is 1.05 bits per heavy atom. The minimum atomic E-state index is -4.65. The highest BCUT2D eigenvalue weighted by atomic mass is 32.2. The Morgan fingerprint density at radius 3 is 2.40 bits per heavy atom. The van der Waals surface area contributed by atoms with E-state index in [1.165, 1.54) is 17.7 Å².